The summed E-state index contributed by atoms with van der Waals surface area (Å²) in [6.07, 6.45) is 2.09. The molecular formula is C18H20N4O. The van der Waals surface area contributed by atoms with Gasteiger partial charge in [0, 0.05) is 12.2 Å². The lowest BCUT2D eigenvalue weighted by Gasteiger charge is -2.24. The van der Waals surface area contributed by atoms with E-state index in [1.165, 1.54) is 0 Å². The zero-order valence-corrected chi connectivity index (χ0v) is 13.2. The van der Waals surface area contributed by atoms with E-state index in [1.807, 2.05) is 25.1 Å². The Hall–Kier alpha value is -2.40. The highest BCUT2D eigenvalue weighted by Crippen LogP contribution is 2.32. The molecule has 2 N–H and O–H groups in total. The Bertz CT molecular complexity index is 828. The lowest BCUT2D eigenvalue weighted by Crippen LogP contribution is -2.33. The molecule has 0 radical (unpaired) electrons. The molecule has 4 rings (SSSR count). The molecule has 5 nitrogen and oxygen atoms in total. The van der Waals surface area contributed by atoms with Crippen LogP contribution in [0, 0.1) is 6.92 Å². The minimum atomic E-state index is 0.149. The third-order valence-electron chi connectivity index (χ3n) is 4.52. The molecule has 0 saturated carbocycles. The Morgan fingerprint density at radius 1 is 1.26 bits per heavy atom. The topological polar surface area (TPSA) is 65.0 Å². The van der Waals surface area contributed by atoms with Gasteiger partial charge in [0.15, 0.2) is 5.82 Å². The van der Waals surface area contributed by atoms with Crippen LogP contribution >= 0.6 is 0 Å². The molecule has 1 atom stereocenters. The second-order valence-electron chi connectivity index (χ2n) is 6.08. The number of aryl methyl sites for hydroxylation is 1. The second kappa shape index (κ2) is 5.66. The Kier molecular flexibility index (Phi) is 3.50. The molecule has 0 bridgehead atoms. The van der Waals surface area contributed by atoms with Gasteiger partial charge in [0.25, 0.3) is 0 Å². The van der Waals surface area contributed by atoms with Gasteiger partial charge in [-0.25, -0.2) is 9.97 Å². The van der Waals surface area contributed by atoms with Gasteiger partial charge in [-0.1, -0.05) is 30.3 Å². The van der Waals surface area contributed by atoms with Gasteiger partial charge in [0.2, 0.25) is 0 Å². The molecule has 0 unspecified atom stereocenters. The number of nitrogens with zero attached hydrogens (tertiary/aromatic N) is 3. The van der Waals surface area contributed by atoms with Crippen LogP contribution in [0.15, 0.2) is 36.4 Å². The summed E-state index contributed by atoms with van der Waals surface area (Å²) >= 11 is 0. The van der Waals surface area contributed by atoms with Crippen LogP contribution in [0.2, 0.25) is 0 Å². The Balaban J connectivity index is 1.86. The van der Waals surface area contributed by atoms with Crippen molar-refractivity contribution in [2.45, 2.75) is 25.8 Å². The number of aliphatic hydroxyl groups is 1. The lowest BCUT2D eigenvalue weighted by molar-refractivity contribution is 0.266. The number of nitrogens with one attached hydrogen (secondary N) is 1. The largest absolute Gasteiger partial charge is 0.394 e. The number of aromatic amines is 1. The van der Waals surface area contributed by atoms with Crippen LogP contribution in [0.25, 0.3) is 22.3 Å². The van der Waals surface area contributed by atoms with Gasteiger partial charge in [-0.05, 0) is 31.4 Å². The number of aromatic nitrogens is 3. The summed E-state index contributed by atoms with van der Waals surface area (Å²) < 4.78 is 0. The van der Waals surface area contributed by atoms with E-state index in [4.69, 9.17) is 0 Å². The molecule has 118 valence electrons. The Morgan fingerprint density at radius 2 is 2.09 bits per heavy atom. The molecule has 5 heteroatoms. The van der Waals surface area contributed by atoms with Gasteiger partial charge in [0.05, 0.1) is 18.2 Å². The fraction of sp³-hybridized carbons (Fsp3) is 0.333. The smallest absolute Gasteiger partial charge is 0.157 e. The maximum absolute atomic E-state index is 9.63. The SMILES string of the molecule is Cc1nc(N2CCC[C@H]2CO)c2[nH]c(-c3ccccc3)cc2n1. The summed E-state index contributed by atoms with van der Waals surface area (Å²) in [5, 5.41) is 9.63. The van der Waals surface area contributed by atoms with Crippen molar-refractivity contribution in [3.8, 4) is 11.3 Å². The van der Waals surface area contributed by atoms with Gasteiger partial charge in [-0.3, -0.25) is 0 Å². The average molecular weight is 308 g/mol. The highest BCUT2D eigenvalue weighted by molar-refractivity contribution is 5.91. The number of rotatable bonds is 3. The first-order valence-corrected chi connectivity index (χ1v) is 8.06. The minimum absolute atomic E-state index is 0.149. The summed E-state index contributed by atoms with van der Waals surface area (Å²) in [7, 11) is 0. The van der Waals surface area contributed by atoms with Gasteiger partial charge in [-0.2, -0.15) is 0 Å². The molecule has 0 amide bonds. The first kappa shape index (κ1) is 14.2. The van der Waals surface area contributed by atoms with Crippen LogP contribution in [0.4, 0.5) is 5.82 Å². The maximum Gasteiger partial charge on any atom is 0.157 e. The van der Waals surface area contributed by atoms with Crippen molar-refractivity contribution in [2.75, 3.05) is 18.1 Å². The van der Waals surface area contributed by atoms with E-state index in [2.05, 4.69) is 38.1 Å². The highest BCUT2D eigenvalue weighted by Gasteiger charge is 2.27. The van der Waals surface area contributed by atoms with Gasteiger partial charge < -0.3 is 15.0 Å². The van der Waals surface area contributed by atoms with E-state index < -0.39 is 0 Å². The number of fused-ring (bicyclic) bond motifs is 1. The summed E-state index contributed by atoms with van der Waals surface area (Å²) in [5.74, 6) is 1.67. The molecule has 1 saturated heterocycles. The van der Waals surface area contributed by atoms with Gasteiger partial charge in [-0.15, -0.1) is 0 Å². The van der Waals surface area contributed by atoms with Crippen LogP contribution in [0.1, 0.15) is 18.7 Å². The number of aliphatic hydroxyl groups excluding tert-OH is 1. The molecule has 1 aliphatic rings. The third kappa shape index (κ3) is 2.47. The van der Waals surface area contributed by atoms with Crippen molar-refractivity contribution in [3.05, 3.63) is 42.2 Å². The zero-order chi connectivity index (χ0) is 15.8. The van der Waals surface area contributed by atoms with Crippen LogP contribution in [-0.4, -0.2) is 39.3 Å². The van der Waals surface area contributed by atoms with E-state index in [9.17, 15) is 5.11 Å². The normalized spacial score (nSPS) is 18.0. The number of benzene rings is 1. The van der Waals surface area contributed by atoms with Crippen molar-refractivity contribution in [3.63, 3.8) is 0 Å². The van der Waals surface area contributed by atoms with Crippen LogP contribution in [-0.2, 0) is 0 Å². The molecule has 3 heterocycles. The van der Waals surface area contributed by atoms with Crippen LogP contribution in [0.3, 0.4) is 0 Å². The summed E-state index contributed by atoms with van der Waals surface area (Å²) in [5.41, 5.74) is 4.06. The third-order valence-corrected chi connectivity index (χ3v) is 4.52. The molecule has 3 aromatic rings. The molecular weight excluding hydrogens is 288 g/mol. The molecule has 1 fully saturated rings. The van der Waals surface area contributed by atoms with Gasteiger partial charge >= 0.3 is 0 Å². The zero-order valence-electron chi connectivity index (χ0n) is 13.2. The van der Waals surface area contributed by atoms with Gasteiger partial charge in [0.1, 0.15) is 11.3 Å². The first-order valence-electron chi connectivity index (χ1n) is 8.06. The van der Waals surface area contributed by atoms with Crippen molar-refractivity contribution in [2.24, 2.45) is 0 Å². The standard InChI is InChI=1S/C18H20N4O/c1-12-19-16-10-15(13-6-3-2-4-7-13)21-17(16)18(20-12)22-9-5-8-14(22)11-23/h2-4,6-7,10,14,21,23H,5,8-9,11H2,1H3/t14-/m0/s1. The Morgan fingerprint density at radius 3 is 2.87 bits per heavy atom. The predicted octanol–water partition coefficient (Wildman–Crippen LogP) is 2.89. The van der Waals surface area contributed by atoms with Crippen molar-refractivity contribution >= 4 is 16.9 Å². The Labute approximate surface area is 135 Å². The van der Waals surface area contributed by atoms with Crippen molar-refractivity contribution < 1.29 is 5.11 Å². The number of anilines is 1. The molecule has 0 aliphatic carbocycles. The van der Waals surface area contributed by atoms with E-state index >= 15 is 0 Å². The monoisotopic (exact) mass is 308 g/mol. The summed E-state index contributed by atoms with van der Waals surface area (Å²) in [6.45, 7) is 3.01. The fourth-order valence-electron chi connectivity index (χ4n) is 3.40. The predicted molar refractivity (Wildman–Crippen MR) is 91.5 cm³/mol. The molecule has 1 aliphatic heterocycles. The number of H-pyrrole nitrogens is 1. The summed E-state index contributed by atoms with van der Waals surface area (Å²) in [6, 6.07) is 12.5. The quantitative estimate of drug-likeness (QED) is 0.781. The van der Waals surface area contributed by atoms with Crippen LogP contribution < -0.4 is 4.90 Å². The number of hydrogen-bond acceptors (Lipinski definition) is 4. The highest BCUT2D eigenvalue weighted by atomic mass is 16.3. The van der Waals surface area contributed by atoms with E-state index in [-0.39, 0.29) is 12.6 Å². The van der Waals surface area contributed by atoms with E-state index in [1.54, 1.807) is 0 Å². The minimum Gasteiger partial charge on any atom is -0.394 e. The fourth-order valence-corrected chi connectivity index (χ4v) is 3.40. The molecule has 0 spiro atoms. The van der Waals surface area contributed by atoms with E-state index in [0.717, 1.165) is 53.3 Å². The molecule has 1 aromatic carbocycles. The van der Waals surface area contributed by atoms with E-state index in [0.29, 0.717) is 0 Å². The molecule has 2 aromatic heterocycles. The first-order chi connectivity index (χ1) is 11.3. The van der Waals surface area contributed by atoms with Crippen molar-refractivity contribution in [1.82, 2.24) is 15.0 Å². The van der Waals surface area contributed by atoms with Crippen LogP contribution in [0.5, 0.6) is 0 Å². The maximum atomic E-state index is 9.63. The second-order valence-corrected chi connectivity index (χ2v) is 6.08. The van der Waals surface area contributed by atoms with Crippen molar-refractivity contribution in [1.29, 1.82) is 0 Å². The number of hydrogen-bond donors (Lipinski definition) is 2. The summed E-state index contributed by atoms with van der Waals surface area (Å²) in [4.78, 5) is 14.9. The lowest BCUT2D eigenvalue weighted by atomic mass is 10.2. The molecule has 23 heavy (non-hydrogen) atoms. The average Bonchev–Trinajstić information content (AvgIpc) is 3.21.